The van der Waals surface area contributed by atoms with Gasteiger partial charge in [-0.2, -0.15) is 0 Å². The van der Waals surface area contributed by atoms with E-state index in [4.69, 9.17) is 18.9 Å². The highest BCUT2D eigenvalue weighted by Gasteiger charge is 2.12. The van der Waals surface area contributed by atoms with Crippen molar-refractivity contribution in [3.05, 3.63) is 23.8 Å². The molecule has 0 amide bonds. The molecular weight excluding hydrogens is 260 g/mol. The first kappa shape index (κ1) is 16.8. The number of benzene rings is 1. The molecule has 1 atom stereocenters. The Balaban J connectivity index is 2.66. The van der Waals surface area contributed by atoms with Gasteiger partial charge >= 0.3 is 0 Å². The summed E-state index contributed by atoms with van der Waals surface area (Å²) in [5.41, 5.74) is 0.745. The van der Waals surface area contributed by atoms with Gasteiger partial charge in [0, 0.05) is 7.11 Å². The highest BCUT2D eigenvalue weighted by Crippen LogP contribution is 2.30. The zero-order valence-electron chi connectivity index (χ0n) is 12.4. The van der Waals surface area contributed by atoms with Gasteiger partial charge in [-0.25, -0.2) is 0 Å². The van der Waals surface area contributed by atoms with Gasteiger partial charge in [-0.05, 0) is 31.5 Å². The number of aliphatic hydroxyl groups excluding tert-OH is 1. The maximum absolute atomic E-state index is 10.1. The molecule has 1 rings (SSSR count). The Hall–Kier alpha value is -1.30. The summed E-state index contributed by atoms with van der Waals surface area (Å²) >= 11 is 0. The molecule has 114 valence electrons. The number of aliphatic hydroxyl groups is 1. The van der Waals surface area contributed by atoms with Crippen LogP contribution in [0.4, 0.5) is 0 Å². The summed E-state index contributed by atoms with van der Waals surface area (Å²) in [5.74, 6) is 1.33. The van der Waals surface area contributed by atoms with E-state index in [2.05, 4.69) is 0 Å². The standard InChI is InChI=1S/C15H24O5/c1-4-19-14-7-6-12(10-15(14)20-5-2)13(16)11-18-9-8-17-3/h6-7,10,13,16H,4-5,8-9,11H2,1-3H3. The van der Waals surface area contributed by atoms with Crippen molar-refractivity contribution in [2.45, 2.75) is 20.0 Å². The van der Waals surface area contributed by atoms with Gasteiger partial charge in [0.1, 0.15) is 6.10 Å². The number of methoxy groups -OCH3 is 1. The lowest BCUT2D eigenvalue weighted by Gasteiger charge is -2.15. The first-order valence-corrected chi connectivity index (χ1v) is 6.87. The average Bonchev–Trinajstić information content (AvgIpc) is 2.45. The lowest BCUT2D eigenvalue weighted by Crippen LogP contribution is -2.11. The van der Waals surface area contributed by atoms with Gasteiger partial charge < -0.3 is 24.1 Å². The number of ether oxygens (including phenoxy) is 4. The zero-order valence-corrected chi connectivity index (χ0v) is 12.4. The van der Waals surface area contributed by atoms with E-state index in [-0.39, 0.29) is 6.61 Å². The summed E-state index contributed by atoms with van der Waals surface area (Å²) in [6.45, 7) is 6.15. The van der Waals surface area contributed by atoms with Crippen LogP contribution in [0, 0.1) is 0 Å². The Morgan fingerprint density at radius 3 is 2.40 bits per heavy atom. The van der Waals surface area contributed by atoms with Gasteiger partial charge in [0.05, 0.1) is 33.0 Å². The van der Waals surface area contributed by atoms with Gasteiger partial charge in [0.25, 0.3) is 0 Å². The molecule has 1 aromatic carbocycles. The molecule has 0 aliphatic rings. The molecule has 5 nitrogen and oxygen atoms in total. The molecule has 0 aliphatic carbocycles. The minimum Gasteiger partial charge on any atom is -0.490 e. The van der Waals surface area contributed by atoms with Gasteiger partial charge in [0.2, 0.25) is 0 Å². The van der Waals surface area contributed by atoms with Gasteiger partial charge in [-0.1, -0.05) is 6.07 Å². The number of hydrogen-bond acceptors (Lipinski definition) is 5. The predicted octanol–water partition coefficient (Wildman–Crippen LogP) is 2.18. The van der Waals surface area contributed by atoms with Crippen molar-refractivity contribution in [3.63, 3.8) is 0 Å². The molecular formula is C15H24O5. The second kappa shape index (κ2) is 9.58. The quantitative estimate of drug-likeness (QED) is 0.667. The summed E-state index contributed by atoms with van der Waals surface area (Å²) < 4.78 is 21.2. The van der Waals surface area contributed by atoms with Crippen LogP contribution in [0.5, 0.6) is 11.5 Å². The van der Waals surface area contributed by atoms with E-state index in [1.165, 1.54) is 0 Å². The van der Waals surface area contributed by atoms with Crippen LogP contribution in [0.1, 0.15) is 25.5 Å². The van der Waals surface area contributed by atoms with Crippen LogP contribution in [0.15, 0.2) is 18.2 Å². The van der Waals surface area contributed by atoms with Crippen molar-refractivity contribution in [1.29, 1.82) is 0 Å². The van der Waals surface area contributed by atoms with E-state index >= 15 is 0 Å². The van der Waals surface area contributed by atoms with E-state index in [1.807, 2.05) is 26.0 Å². The SMILES string of the molecule is CCOc1ccc(C(O)COCCOC)cc1OCC. The van der Waals surface area contributed by atoms with Crippen LogP contribution < -0.4 is 9.47 Å². The minimum atomic E-state index is -0.693. The third-order valence-electron chi connectivity index (χ3n) is 2.66. The second-order valence-electron chi connectivity index (χ2n) is 4.16. The van der Waals surface area contributed by atoms with Crippen LogP contribution in [-0.2, 0) is 9.47 Å². The molecule has 1 aromatic rings. The normalized spacial score (nSPS) is 12.2. The maximum atomic E-state index is 10.1. The summed E-state index contributed by atoms with van der Waals surface area (Å²) in [5, 5.41) is 10.1. The van der Waals surface area contributed by atoms with Crippen molar-refractivity contribution in [1.82, 2.24) is 0 Å². The van der Waals surface area contributed by atoms with E-state index in [0.29, 0.717) is 37.9 Å². The van der Waals surface area contributed by atoms with Gasteiger partial charge in [-0.15, -0.1) is 0 Å². The van der Waals surface area contributed by atoms with Crippen molar-refractivity contribution < 1.29 is 24.1 Å². The third kappa shape index (κ3) is 5.36. The number of rotatable bonds is 10. The topological polar surface area (TPSA) is 57.2 Å². The molecule has 1 N–H and O–H groups in total. The lowest BCUT2D eigenvalue weighted by atomic mass is 10.1. The summed E-state index contributed by atoms with van der Waals surface area (Å²) in [7, 11) is 1.61. The maximum Gasteiger partial charge on any atom is 0.161 e. The number of hydrogen-bond donors (Lipinski definition) is 1. The molecule has 1 unspecified atom stereocenters. The Morgan fingerprint density at radius 1 is 1.05 bits per heavy atom. The van der Waals surface area contributed by atoms with E-state index < -0.39 is 6.10 Å². The van der Waals surface area contributed by atoms with Crippen LogP contribution in [0.2, 0.25) is 0 Å². The Bertz CT molecular complexity index is 381. The second-order valence-corrected chi connectivity index (χ2v) is 4.16. The molecule has 0 heterocycles. The van der Waals surface area contributed by atoms with Crippen molar-refractivity contribution >= 4 is 0 Å². The molecule has 0 saturated heterocycles. The predicted molar refractivity (Wildman–Crippen MR) is 76.4 cm³/mol. The molecule has 5 heteroatoms. The molecule has 0 saturated carbocycles. The van der Waals surface area contributed by atoms with Crippen LogP contribution >= 0.6 is 0 Å². The molecule has 0 radical (unpaired) electrons. The van der Waals surface area contributed by atoms with Crippen LogP contribution in [-0.4, -0.2) is 45.3 Å². The fourth-order valence-corrected chi connectivity index (χ4v) is 1.71. The zero-order chi connectivity index (χ0) is 14.8. The summed E-state index contributed by atoms with van der Waals surface area (Å²) in [4.78, 5) is 0. The first-order valence-electron chi connectivity index (χ1n) is 6.87. The van der Waals surface area contributed by atoms with Gasteiger partial charge in [0.15, 0.2) is 11.5 Å². The van der Waals surface area contributed by atoms with E-state index in [0.717, 1.165) is 5.56 Å². The molecule has 0 aliphatic heterocycles. The Morgan fingerprint density at radius 2 is 1.75 bits per heavy atom. The fraction of sp³-hybridized carbons (Fsp3) is 0.600. The lowest BCUT2D eigenvalue weighted by molar-refractivity contribution is 0.0125. The monoisotopic (exact) mass is 284 g/mol. The molecule has 0 spiro atoms. The molecule has 0 aromatic heterocycles. The van der Waals surface area contributed by atoms with Crippen molar-refractivity contribution in [3.8, 4) is 11.5 Å². The summed E-state index contributed by atoms with van der Waals surface area (Å²) in [6, 6.07) is 5.42. The average molecular weight is 284 g/mol. The molecule has 0 bridgehead atoms. The molecule has 0 fully saturated rings. The minimum absolute atomic E-state index is 0.225. The summed E-state index contributed by atoms with van der Waals surface area (Å²) in [6.07, 6.45) is -0.693. The van der Waals surface area contributed by atoms with Crippen LogP contribution in [0.25, 0.3) is 0 Å². The Labute approximate surface area is 120 Å². The van der Waals surface area contributed by atoms with Gasteiger partial charge in [-0.3, -0.25) is 0 Å². The first-order chi connectivity index (χ1) is 9.72. The highest BCUT2D eigenvalue weighted by molar-refractivity contribution is 5.43. The van der Waals surface area contributed by atoms with E-state index in [1.54, 1.807) is 13.2 Å². The Kier molecular flexibility index (Phi) is 8.02. The van der Waals surface area contributed by atoms with Crippen molar-refractivity contribution in [2.75, 3.05) is 40.1 Å². The van der Waals surface area contributed by atoms with Crippen LogP contribution in [0.3, 0.4) is 0 Å². The smallest absolute Gasteiger partial charge is 0.161 e. The third-order valence-corrected chi connectivity index (χ3v) is 2.66. The molecule has 20 heavy (non-hydrogen) atoms. The fourth-order valence-electron chi connectivity index (χ4n) is 1.71. The van der Waals surface area contributed by atoms with E-state index in [9.17, 15) is 5.11 Å². The van der Waals surface area contributed by atoms with Crippen molar-refractivity contribution in [2.24, 2.45) is 0 Å². The largest absolute Gasteiger partial charge is 0.490 e. The highest BCUT2D eigenvalue weighted by atomic mass is 16.5.